The van der Waals surface area contributed by atoms with Crippen molar-refractivity contribution in [2.45, 2.75) is 18.9 Å². The Morgan fingerprint density at radius 2 is 1.15 bits per heavy atom. The summed E-state index contributed by atoms with van der Waals surface area (Å²) in [5, 5.41) is 5.02. The van der Waals surface area contributed by atoms with Crippen LogP contribution in [0.25, 0.3) is 21.5 Å². The second-order valence-electron chi connectivity index (χ2n) is 8.23. The van der Waals surface area contributed by atoms with Crippen LogP contribution >= 0.6 is 11.6 Å². The van der Waals surface area contributed by atoms with Crippen LogP contribution in [0.4, 0.5) is 0 Å². The number of hydrogen-bond donors (Lipinski definition) is 0. The van der Waals surface area contributed by atoms with Crippen molar-refractivity contribution in [2.24, 2.45) is 0 Å². The zero-order valence-electron chi connectivity index (χ0n) is 18.2. The Hall–Kier alpha value is -3.62. The summed E-state index contributed by atoms with van der Waals surface area (Å²) in [4.78, 5) is 13.4. The molecule has 0 fully saturated rings. The van der Waals surface area contributed by atoms with Gasteiger partial charge in [0.2, 0.25) is 0 Å². The predicted molar refractivity (Wildman–Crippen MR) is 136 cm³/mol. The number of halogens is 1. The zero-order chi connectivity index (χ0) is 22.8. The van der Waals surface area contributed by atoms with Gasteiger partial charge in [0.1, 0.15) is 0 Å². The van der Waals surface area contributed by atoms with E-state index in [1.807, 2.05) is 55.5 Å². The third kappa shape index (κ3) is 4.22. The molecule has 0 aliphatic rings. The van der Waals surface area contributed by atoms with Crippen molar-refractivity contribution in [3.63, 3.8) is 0 Å². The highest BCUT2D eigenvalue weighted by Crippen LogP contribution is 2.37. The van der Waals surface area contributed by atoms with Crippen LogP contribution < -0.4 is 0 Å². The summed E-state index contributed by atoms with van der Waals surface area (Å²) in [7, 11) is 0. The lowest BCUT2D eigenvalue weighted by Crippen LogP contribution is -2.18. The third-order valence-corrected chi connectivity index (χ3v) is 6.42. The van der Waals surface area contributed by atoms with Crippen LogP contribution in [-0.2, 0) is 9.53 Å². The molecule has 0 unspecified atom stereocenters. The summed E-state index contributed by atoms with van der Waals surface area (Å²) in [5.41, 5.74) is 2.82. The van der Waals surface area contributed by atoms with Gasteiger partial charge in [-0.3, -0.25) is 4.79 Å². The first-order valence-corrected chi connectivity index (χ1v) is 11.4. The fourth-order valence-electron chi connectivity index (χ4n) is 4.36. The standard InChI is InChI=1S/C30H23ClO2/c1-20(21-16-18-24(31)19-17-21)30(32)33-29(27-14-6-10-22-8-2-4-12-25(22)27)28-15-7-11-23-9-3-5-13-26(23)28/h2-20,29H,1H3/t20-/m0/s1. The lowest BCUT2D eigenvalue weighted by Gasteiger charge is -2.24. The number of ether oxygens (including phenoxy) is 1. The maximum absolute atomic E-state index is 13.4. The molecule has 162 valence electrons. The number of fused-ring (bicyclic) bond motifs is 2. The summed E-state index contributed by atoms with van der Waals surface area (Å²) >= 11 is 6.04. The molecule has 2 nitrogen and oxygen atoms in total. The summed E-state index contributed by atoms with van der Waals surface area (Å²) < 4.78 is 6.31. The van der Waals surface area contributed by atoms with Gasteiger partial charge in [-0.25, -0.2) is 0 Å². The first kappa shape index (κ1) is 21.2. The maximum Gasteiger partial charge on any atom is 0.314 e. The SMILES string of the molecule is C[C@H](C(=O)OC(c1cccc2ccccc12)c1cccc2ccccc12)c1ccc(Cl)cc1. The molecule has 1 atom stereocenters. The summed E-state index contributed by atoms with van der Waals surface area (Å²) in [6.07, 6.45) is -0.538. The van der Waals surface area contributed by atoms with E-state index in [0.29, 0.717) is 5.02 Å². The lowest BCUT2D eigenvalue weighted by molar-refractivity contribution is -0.148. The predicted octanol–water partition coefficient (Wildman–Crippen LogP) is 8.08. The third-order valence-electron chi connectivity index (χ3n) is 6.17. The van der Waals surface area contributed by atoms with Crippen molar-refractivity contribution in [1.82, 2.24) is 0 Å². The van der Waals surface area contributed by atoms with Gasteiger partial charge < -0.3 is 4.74 Å². The number of carbonyl (C=O) groups is 1. The van der Waals surface area contributed by atoms with Crippen LogP contribution in [0.1, 0.15) is 35.6 Å². The van der Waals surface area contributed by atoms with Crippen LogP contribution in [0, 0.1) is 0 Å². The first-order valence-electron chi connectivity index (χ1n) is 11.0. The molecule has 0 aliphatic carbocycles. The fourth-order valence-corrected chi connectivity index (χ4v) is 4.48. The Morgan fingerprint density at radius 1 is 0.667 bits per heavy atom. The Kier molecular flexibility index (Phi) is 5.85. The molecule has 5 aromatic carbocycles. The van der Waals surface area contributed by atoms with E-state index in [2.05, 4.69) is 48.5 Å². The van der Waals surface area contributed by atoms with Crippen molar-refractivity contribution in [3.8, 4) is 0 Å². The first-order chi connectivity index (χ1) is 16.1. The number of benzene rings is 5. The normalized spacial score (nSPS) is 12.2. The van der Waals surface area contributed by atoms with E-state index in [1.165, 1.54) is 0 Å². The van der Waals surface area contributed by atoms with E-state index in [4.69, 9.17) is 16.3 Å². The van der Waals surface area contributed by atoms with Gasteiger partial charge in [0.05, 0.1) is 5.92 Å². The van der Waals surface area contributed by atoms with Crippen LogP contribution in [0.3, 0.4) is 0 Å². The minimum Gasteiger partial charge on any atom is -0.452 e. The zero-order valence-corrected chi connectivity index (χ0v) is 19.0. The number of hydrogen-bond acceptors (Lipinski definition) is 2. The van der Waals surface area contributed by atoms with E-state index in [1.54, 1.807) is 12.1 Å². The molecule has 0 spiro atoms. The lowest BCUT2D eigenvalue weighted by atomic mass is 9.92. The molecule has 0 radical (unpaired) electrons. The Morgan fingerprint density at radius 3 is 1.70 bits per heavy atom. The van der Waals surface area contributed by atoms with E-state index in [0.717, 1.165) is 38.2 Å². The second-order valence-corrected chi connectivity index (χ2v) is 8.66. The summed E-state index contributed by atoms with van der Waals surface area (Å²) in [6, 6.07) is 36.1. The van der Waals surface area contributed by atoms with Crippen molar-refractivity contribution >= 4 is 39.1 Å². The molecule has 33 heavy (non-hydrogen) atoms. The monoisotopic (exact) mass is 450 g/mol. The molecule has 0 aliphatic heterocycles. The van der Waals surface area contributed by atoms with E-state index < -0.39 is 12.0 Å². The average Bonchev–Trinajstić information content (AvgIpc) is 2.86. The van der Waals surface area contributed by atoms with Gasteiger partial charge in [-0.05, 0) is 46.2 Å². The minimum absolute atomic E-state index is 0.275. The number of esters is 1. The van der Waals surface area contributed by atoms with Crippen LogP contribution in [0.15, 0.2) is 109 Å². The van der Waals surface area contributed by atoms with Crippen LogP contribution in [0.2, 0.25) is 5.02 Å². The minimum atomic E-state index is -0.538. The number of rotatable bonds is 5. The van der Waals surface area contributed by atoms with Gasteiger partial charge in [-0.2, -0.15) is 0 Å². The molecule has 3 heteroatoms. The number of carbonyl (C=O) groups excluding carboxylic acids is 1. The van der Waals surface area contributed by atoms with Crippen LogP contribution in [0.5, 0.6) is 0 Å². The highest BCUT2D eigenvalue weighted by atomic mass is 35.5. The van der Waals surface area contributed by atoms with Crippen LogP contribution in [-0.4, -0.2) is 5.97 Å². The van der Waals surface area contributed by atoms with Gasteiger partial charge in [0.25, 0.3) is 0 Å². The molecule has 5 rings (SSSR count). The molecule has 0 heterocycles. The Balaban J connectivity index is 1.63. The van der Waals surface area contributed by atoms with Gasteiger partial charge in [-0.15, -0.1) is 0 Å². The van der Waals surface area contributed by atoms with Gasteiger partial charge >= 0.3 is 5.97 Å². The molecule has 5 aromatic rings. The molecular formula is C30H23ClO2. The van der Waals surface area contributed by atoms with E-state index in [9.17, 15) is 4.79 Å². The Bertz CT molecular complexity index is 1350. The topological polar surface area (TPSA) is 26.3 Å². The molecule has 0 saturated heterocycles. The molecule has 0 bridgehead atoms. The molecular weight excluding hydrogens is 428 g/mol. The summed E-state index contributed by atoms with van der Waals surface area (Å²) in [5.74, 6) is -0.696. The van der Waals surface area contributed by atoms with Gasteiger partial charge in [0, 0.05) is 16.1 Å². The quantitative estimate of drug-likeness (QED) is 0.253. The molecule has 0 amide bonds. The fraction of sp³-hybridized carbons (Fsp3) is 0.100. The van der Waals surface area contributed by atoms with Crippen molar-refractivity contribution in [1.29, 1.82) is 0 Å². The van der Waals surface area contributed by atoms with Crippen molar-refractivity contribution in [3.05, 3.63) is 131 Å². The summed E-state index contributed by atoms with van der Waals surface area (Å²) in [6.45, 7) is 1.87. The molecule has 0 saturated carbocycles. The maximum atomic E-state index is 13.4. The smallest absolute Gasteiger partial charge is 0.314 e. The average molecular weight is 451 g/mol. The molecule has 0 N–H and O–H groups in total. The highest BCUT2D eigenvalue weighted by molar-refractivity contribution is 6.30. The van der Waals surface area contributed by atoms with E-state index in [-0.39, 0.29) is 5.97 Å². The van der Waals surface area contributed by atoms with Crippen molar-refractivity contribution in [2.75, 3.05) is 0 Å². The molecule has 0 aromatic heterocycles. The largest absolute Gasteiger partial charge is 0.452 e. The highest BCUT2D eigenvalue weighted by Gasteiger charge is 2.26. The van der Waals surface area contributed by atoms with E-state index >= 15 is 0 Å². The van der Waals surface area contributed by atoms with Gasteiger partial charge in [0.15, 0.2) is 6.10 Å². The Labute approximate surface area is 198 Å². The second kappa shape index (κ2) is 9.09. The van der Waals surface area contributed by atoms with Gasteiger partial charge in [-0.1, -0.05) is 109 Å². The van der Waals surface area contributed by atoms with Crippen molar-refractivity contribution < 1.29 is 9.53 Å².